The van der Waals surface area contributed by atoms with Gasteiger partial charge in [0.15, 0.2) is 0 Å². The fourth-order valence-corrected chi connectivity index (χ4v) is 7.42. The SMILES string of the molecule is CC(C)c1ccc2c(CC(C)(C)C)c3c(cc2c1)-c1nccc2c1c(cc1c(C4CCC(C)(C)CC4)cccc12)O3. The molecule has 2 heterocycles. The number of aromatic nitrogens is 1. The van der Waals surface area contributed by atoms with E-state index in [1.807, 2.05) is 6.20 Å². The molecule has 0 N–H and O–H groups in total. The van der Waals surface area contributed by atoms with Crippen LogP contribution in [-0.2, 0) is 6.42 Å². The Morgan fingerprint density at radius 1 is 0.902 bits per heavy atom. The Morgan fingerprint density at radius 3 is 2.41 bits per heavy atom. The number of hydrogen-bond donors (Lipinski definition) is 0. The predicted octanol–water partition coefficient (Wildman–Crippen LogP) is 11.7. The van der Waals surface area contributed by atoms with Crippen LogP contribution in [-0.4, -0.2) is 4.98 Å². The molecule has 1 aromatic heterocycles. The summed E-state index contributed by atoms with van der Waals surface area (Å²) in [7, 11) is 0. The van der Waals surface area contributed by atoms with Gasteiger partial charge < -0.3 is 4.74 Å². The van der Waals surface area contributed by atoms with E-state index in [4.69, 9.17) is 9.72 Å². The molecule has 4 aromatic carbocycles. The summed E-state index contributed by atoms with van der Waals surface area (Å²) in [6, 6.07) is 20.8. The van der Waals surface area contributed by atoms with Crippen LogP contribution in [0, 0.1) is 10.8 Å². The van der Waals surface area contributed by atoms with Gasteiger partial charge >= 0.3 is 0 Å². The van der Waals surface area contributed by atoms with E-state index < -0.39 is 0 Å². The molecular formula is C39H43NO. The molecule has 0 unspecified atom stereocenters. The lowest BCUT2D eigenvalue weighted by Gasteiger charge is -2.35. The molecule has 2 nitrogen and oxygen atoms in total. The van der Waals surface area contributed by atoms with Crippen LogP contribution in [0.1, 0.15) is 103 Å². The Hall–Kier alpha value is -3.39. The summed E-state index contributed by atoms with van der Waals surface area (Å²) in [6.45, 7) is 16.3. The fraction of sp³-hybridized carbons (Fsp3) is 0.410. The zero-order chi connectivity index (χ0) is 28.7. The van der Waals surface area contributed by atoms with Crippen LogP contribution in [0.4, 0.5) is 0 Å². The average molecular weight is 542 g/mol. The first-order valence-corrected chi connectivity index (χ1v) is 15.6. The van der Waals surface area contributed by atoms with E-state index in [1.54, 1.807) is 0 Å². The van der Waals surface area contributed by atoms with Gasteiger partial charge in [0.25, 0.3) is 0 Å². The lowest BCUT2D eigenvalue weighted by Crippen LogP contribution is -2.20. The molecule has 0 atom stereocenters. The highest BCUT2D eigenvalue weighted by Gasteiger charge is 2.31. The minimum atomic E-state index is 0.118. The van der Waals surface area contributed by atoms with Crippen molar-refractivity contribution in [2.45, 2.75) is 92.4 Å². The van der Waals surface area contributed by atoms with E-state index in [0.29, 0.717) is 17.3 Å². The molecule has 0 radical (unpaired) electrons. The largest absolute Gasteiger partial charge is 0.456 e. The molecule has 2 aliphatic rings. The monoisotopic (exact) mass is 541 g/mol. The van der Waals surface area contributed by atoms with Crippen LogP contribution in [0.15, 0.2) is 60.8 Å². The molecule has 2 heteroatoms. The Bertz CT molecular complexity index is 1830. The summed E-state index contributed by atoms with van der Waals surface area (Å²) >= 11 is 0. The van der Waals surface area contributed by atoms with Gasteiger partial charge in [-0.2, -0.15) is 0 Å². The average Bonchev–Trinajstić information content (AvgIpc) is 2.92. The Labute approximate surface area is 245 Å². The molecule has 1 saturated carbocycles. The standard InChI is InChI=1S/C39H43NO/c1-23(2)25-11-12-28-26(19-25)20-32-36-35-30(15-18-40-36)29-10-8-9-27(24-13-16-39(6,7)17-14-24)31(29)21-34(35)41-37(32)33(28)22-38(3,4)5/h8-12,15,18-21,23-24H,13-14,16-17,22H2,1-7H3. The second-order valence-corrected chi connectivity index (χ2v) is 15.0. The third kappa shape index (κ3) is 4.51. The minimum absolute atomic E-state index is 0.118. The number of ether oxygens (including phenoxy) is 1. The van der Waals surface area contributed by atoms with Gasteiger partial charge in [-0.05, 0) is 111 Å². The van der Waals surface area contributed by atoms with Crippen LogP contribution in [0.2, 0.25) is 0 Å². The Kier molecular flexibility index (Phi) is 6.02. The van der Waals surface area contributed by atoms with Crippen molar-refractivity contribution in [3.63, 3.8) is 0 Å². The van der Waals surface area contributed by atoms with E-state index in [0.717, 1.165) is 34.6 Å². The molecule has 1 aliphatic carbocycles. The first-order valence-electron chi connectivity index (χ1n) is 15.6. The Balaban J connectivity index is 1.48. The van der Waals surface area contributed by atoms with E-state index in [1.165, 1.54) is 69.3 Å². The maximum atomic E-state index is 7.06. The third-order valence-electron chi connectivity index (χ3n) is 9.74. The van der Waals surface area contributed by atoms with Gasteiger partial charge in [-0.1, -0.05) is 84.9 Å². The summed E-state index contributed by atoms with van der Waals surface area (Å²) in [5.41, 5.74) is 6.90. The molecule has 1 aliphatic heterocycles. The van der Waals surface area contributed by atoms with Gasteiger partial charge in [0.1, 0.15) is 11.5 Å². The molecule has 0 saturated heterocycles. The van der Waals surface area contributed by atoms with Crippen LogP contribution in [0.3, 0.4) is 0 Å². The molecule has 1 fully saturated rings. The van der Waals surface area contributed by atoms with Crippen molar-refractivity contribution < 1.29 is 4.74 Å². The van der Waals surface area contributed by atoms with Crippen molar-refractivity contribution in [2.75, 3.05) is 0 Å². The van der Waals surface area contributed by atoms with Gasteiger partial charge in [-0.3, -0.25) is 4.98 Å². The highest BCUT2D eigenvalue weighted by atomic mass is 16.5. The Morgan fingerprint density at radius 2 is 1.68 bits per heavy atom. The zero-order valence-electron chi connectivity index (χ0n) is 25.8. The van der Waals surface area contributed by atoms with Gasteiger partial charge in [-0.15, -0.1) is 0 Å². The summed E-state index contributed by atoms with van der Waals surface area (Å²) in [4.78, 5) is 5.04. The number of rotatable bonds is 3. The highest BCUT2D eigenvalue weighted by Crippen LogP contribution is 2.53. The van der Waals surface area contributed by atoms with Crippen LogP contribution < -0.4 is 4.74 Å². The van der Waals surface area contributed by atoms with Gasteiger partial charge in [0.05, 0.1) is 11.1 Å². The molecule has 0 spiro atoms. The molecule has 0 amide bonds. The maximum absolute atomic E-state index is 7.06. The number of fused-ring (bicyclic) bond motifs is 5. The molecule has 7 rings (SSSR count). The lowest BCUT2D eigenvalue weighted by atomic mass is 9.70. The molecule has 5 aromatic rings. The van der Waals surface area contributed by atoms with Crippen molar-refractivity contribution in [3.05, 3.63) is 77.5 Å². The summed E-state index contributed by atoms with van der Waals surface area (Å²) in [6.07, 6.45) is 8.03. The van der Waals surface area contributed by atoms with Crippen molar-refractivity contribution in [2.24, 2.45) is 10.8 Å². The minimum Gasteiger partial charge on any atom is -0.456 e. The maximum Gasteiger partial charge on any atom is 0.140 e. The van der Waals surface area contributed by atoms with Crippen LogP contribution in [0.25, 0.3) is 43.6 Å². The third-order valence-corrected chi connectivity index (χ3v) is 9.74. The van der Waals surface area contributed by atoms with Gasteiger partial charge in [0, 0.05) is 17.3 Å². The number of benzene rings is 4. The van der Waals surface area contributed by atoms with Gasteiger partial charge in [0.2, 0.25) is 0 Å². The van der Waals surface area contributed by atoms with E-state index in [9.17, 15) is 0 Å². The number of hydrogen-bond acceptors (Lipinski definition) is 2. The zero-order valence-corrected chi connectivity index (χ0v) is 25.8. The van der Waals surface area contributed by atoms with Crippen LogP contribution in [0.5, 0.6) is 11.5 Å². The van der Waals surface area contributed by atoms with Crippen molar-refractivity contribution in [3.8, 4) is 22.8 Å². The predicted molar refractivity (Wildman–Crippen MR) is 175 cm³/mol. The molecular weight excluding hydrogens is 498 g/mol. The second-order valence-electron chi connectivity index (χ2n) is 15.0. The molecule has 210 valence electrons. The van der Waals surface area contributed by atoms with E-state index in [-0.39, 0.29) is 5.41 Å². The molecule has 0 bridgehead atoms. The lowest BCUT2D eigenvalue weighted by molar-refractivity contribution is 0.225. The summed E-state index contributed by atoms with van der Waals surface area (Å²) < 4.78 is 7.06. The number of nitrogens with zero attached hydrogens (tertiary/aromatic N) is 1. The fourth-order valence-electron chi connectivity index (χ4n) is 7.42. The normalized spacial score (nSPS) is 16.9. The van der Waals surface area contributed by atoms with Crippen molar-refractivity contribution >= 4 is 32.3 Å². The van der Waals surface area contributed by atoms with Crippen molar-refractivity contribution in [1.82, 2.24) is 4.98 Å². The summed E-state index contributed by atoms with van der Waals surface area (Å²) in [5, 5.41) is 7.64. The number of pyridine rings is 1. The van der Waals surface area contributed by atoms with E-state index in [2.05, 4.69) is 103 Å². The molecule has 41 heavy (non-hydrogen) atoms. The highest BCUT2D eigenvalue weighted by molar-refractivity contribution is 6.17. The van der Waals surface area contributed by atoms with Crippen molar-refractivity contribution in [1.29, 1.82) is 0 Å². The van der Waals surface area contributed by atoms with Gasteiger partial charge in [-0.25, -0.2) is 0 Å². The topological polar surface area (TPSA) is 22.1 Å². The van der Waals surface area contributed by atoms with Crippen LogP contribution >= 0.6 is 0 Å². The first-order chi connectivity index (χ1) is 19.5. The summed E-state index contributed by atoms with van der Waals surface area (Å²) in [5.74, 6) is 3.04. The first kappa shape index (κ1) is 26.5. The smallest absolute Gasteiger partial charge is 0.140 e. The quantitative estimate of drug-likeness (QED) is 0.208. The van der Waals surface area contributed by atoms with E-state index >= 15 is 0 Å². The second kappa shape index (κ2) is 9.31.